The van der Waals surface area contributed by atoms with Crippen molar-refractivity contribution in [2.75, 3.05) is 0 Å². The van der Waals surface area contributed by atoms with Gasteiger partial charge in [-0.3, -0.25) is 4.57 Å². The number of aromatic nitrogens is 3. The van der Waals surface area contributed by atoms with Crippen LogP contribution in [0.25, 0.3) is 66.6 Å². The molecule has 3 heteroatoms. The third-order valence-corrected chi connectivity index (χ3v) is 8.55. The summed E-state index contributed by atoms with van der Waals surface area (Å²) in [6, 6.07) is 49.6. The average Bonchev–Trinajstić information content (AvgIpc) is 3.51. The molecule has 0 bridgehead atoms. The quantitative estimate of drug-likeness (QED) is 0.218. The molecule has 8 aromatic rings. The second-order valence-electron chi connectivity index (χ2n) is 11.0. The van der Waals surface area contributed by atoms with Crippen LogP contribution in [0.15, 0.2) is 140 Å². The van der Waals surface area contributed by atoms with Crippen molar-refractivity contribution in [3.8, 4) is 33.9 Å². The van der Waals surface area contributed by atoms with Gasteiger partial charge in [-0.1, -0.05) is 97.1 Å². The molecule has 0 fully saturated rings. The van der Waals surface area contributed by atoms with Crippen molar-refractivity contribution >= 4 is 32.7 Å². The largest absolute Gasteiger partial charge is 0.314 e. The highest BCUT2D eigenvalue weighted by Crippen LogP contribution is 2.39. The Morgan fingerprint density at radius 1 is 0.452 bits per heavy atom. The van der Waals surface area contributed by atoms with Gasteiger partial charge in [0.15, 0.2) is 0 Å². The summed E-state index contributed by atoms with van der Waals surface area (Å²) in [7, 11) is 0. The van der Waals surface area contributed by atoms with E-state index in [9.17, 15) is 0 Å². The molecule has 3 aromatic heterocycles. The monoisotopic (exact) mass is 539 g/mol. The van der Waals surface area contributed by atoms with Gasteiger partial charge in [0, 0.05) is 33.1 Å². The maximum atomic E-state index is 5.30. The number of hydrogen-bond acceptors (Lipinski definition) is 1. The molecule has 3 heterocycles. The van der Waals surface area contributed by atoms with Crippen LogP contribution in [0.4, 0.5) is 0 Å². The molecule has 0 aliphatic heterocycles. The van der Waals surface area contributed by atoms with Gasteiger partial charge in [0.2, 0.25) is 0 Å². The molecule has 0 aliphatic carbocycles. The molecule has 0 atom stereocenters. The Labute approximate surface area is 244 Å². The second kappa shape index (κ2) is 9.60. The Morgan fingerprint density at radius 3 is 1.79 bits per heavy atom. The predicted molar refractivity (Wildman–Crippen MR) is 176 cm³/mol. The molecule has 0 saturated carbocycles. The fourth-order valence-electron chi connectivity index (χ4n) is 6.37. The van der Waals surface area contributed by atoms with Crippen LogP contribution in [-0.4, -0.2) is 14.1 Å². The van der Waals surface area contributed by atoms with Crippen molar-refractivity contribution in [1.82, 2.24) is 14.1 Å². The van der Waals surface area contributed by atoms with Crippen molar-refractivity contribution in [2.45, 2.75) is 13.8 Å². The summed E-state index contributed by atoms with van der Waals surface area (Å²) in [5, 5.41) is 3.70. The number of nitrogens with zero attached hydrogens (tertiary/aromatic N) is 3. The zero-order chi connectivity index (χ0) is 28.2. The molecule has 0 unspecified atom stereocenters. The van der Waals surface area contributed by atoms with Crippen molar-refractivity contribution < 1.29 is 0 Å². The van der Waals surface area contributed by atoms with Crippen LogP contribution in [0.1, 0.15) is 11.3 Å². The second-order valence-corrected chi connectivity index (χ2v) is 11.0. The van der Waals surface area contributed by atoms with E-state index in [1.165, 1.54) is 44.2 Å². The van der Waals surface area contributed by atoms with Crippen LogP contribution >= 0.6 is 0 Å². The highest BCUT2D eigenvalue weighted by molar-refractivity contribution is 6.14. The minimum absolute atomic E-state index is 0.914. The molecule has 0 amide bonds. The molecule has 8 rings (SSSR count). The number of benzene rings is 5. The van der Waals surface area contributed by atoms with Gasteiger partial charge in [-0.15, -0.1) is 0 Å². The summed E-state index contributed by atoms with van der Waals surface area (Å²) in [6.07, 6.45) is 0. The summed E-state index contributed by atoms with van der Waals surface area (Å²) in [6.45, 7) is 4.45. The number of pyridine rings is 1. The minimum atomic E-state index is 0.914. The number of hydrogen-bond donors (Lipinski definition) is 0. The zero-order valence-electron chi connectivity index (χ0n) is 23.6. The fourth-order valence-corrected chi connectivity index (χ4v) is 6.37. The third-order valence-electron chi connectivity index (χ3n) is 8.55. The van der Waals surface area contributed by atoms with Gasteiger partial charge in [0.05, 0.1) is 22.2 Å². The number of fused-ring (bicyclic) bond motifs is 4. The van der Waals surface area contributed by atoms with Gasteiger partial charge in [-0.25, -0.2) is 4.98 Å². The van der Waals surface area contributed by atoms with E-state index in [0.29, 0.717) is 0 Å². The van der Waals surface area contributed by atoms with Crippen LogP contribution in [0.2, 0.25) is 0 Å². The van der Waals surface area contributed by atoms with Gasteiger partial charge in [0.25, 0.3) is 0 Å². The molecule has 0 radical (unpaired) electrons. The van der Waals surface area contributed by atoms with Crippen LogP contribution in [-0.2, 0) is 0 Å². The molecule has 5 aromatic carbocycles. The van der Waals surface area contributed by atoms with E-state index in [1.807, 2.05) is 0 Å². The van der Waals surface area contributed by atoms with E-state index in [-0.39, 0.29) is 0 Å². The standard InChI is InChI=1S/C39H29N3/c1-26-27(2)41(31-18-10-5-11-19-31)37-25-34-32-20-12-13-21-36(32)42(38(34)24-33(26)37)39-23-30(28-14-6-3-7-15-28)22-35(40-39)29-16-8-4-9-17-29/h3-25H,1-2H3. The zero-order valence-corrected chi connectivity index (χ0v) is 23.6. The van der Waals surface area contributed by atoms with Crippen LogP contribution in [0, 0.1) is 13.8 Å². The van der Waals surface area contributed by atoms with E-state index in [0.717, 1.165) is 33.7 Å². The van der Waals surface area contributed by atoms with Gasteiger partial charge in [-0.2, -0.15) is 0 Å². The highest BCUT2D eigenvalue weighted by Gasteiger charge is 2.20. The number of para-hydroxylation sites is 2. The molecular formula is C39H29N3. The van der Waals surface area contributed by atoms with Gasteiger partial charge in [-0.05, 0) is 73.0 Å². The maximum Gasteiger partial charge on any atom is 0.138 e. The Morgan fingerprint density at radius 2 is 1.05 bits per heavy atom. The molecule has 0 aliphatic rings. The molecule has 3 nitrogen and oxygen atoms in total. The lowest BCUT2D eigenvalue weighted by molar-refractivity contribution is 1.04. The minimum Gasteiger partial charge on any atom is -0.314 e. The third kappa shape index (κ3) is 3.78. The molecule has 0 saturated heterocycles. The maximum absolute atomic E-state index is 5.30. The van der Waals surface area contributed by atoms with Crippen molar-refractivity contribution in [1.29, 1.82) is 0 Å². The van der Waals surface area contributed by atoms with E-state index in [1.54, 1.807) is 0 Å². The molecule has 42 heavy (non-hydrogen) atoms. The lowest BCUT2D eigenvalue weighted by atomic mass is 10.0. The highest BCUT2D eigenvalue weighted by atomic mass is 15.1. The number of rotatable bonds is 4. The van der Waals surface area contributed by atoms with Gasteiger partial charge < -0.3 is 4.57 Å². The first kappa shape index (κ1) is 24.4. The Bertz CT molecular complexity index is 2180. The lowest BCUT2D eigenvalue weighted by Gasteiger charge is -2.13. The lowest BCUT2D eigenvalue weighted by Crippen LogP contribution is -2.00. The summed E-state index contributed by atoms with van der Waals surface area (Å²) < 4.78 is 4.73. The topological polar surface area (TPSA) is 22.8 Å². The van der Waals surface area contributed by atoms with Crippen molar-refractivity contribution in [3.63, 3.8) is 0 Å². The summed E-state index contributed by atoms with van der Waals surface area (Å²) in [4.78, 5) is 5.30. The fraction of sp³-hybridized carbons (Fsp3) is 0.0513. The summed E-state index contributed by atoms with van der Waals surface area (Å²) >= 11 is 0. The van der Waals surface area contributed by atoms with E-state index in [2.05, 4.69) is 163 Å². The van der Waals surface area contributed by atoms with Crippen LogP contribution < -0.4 is 0 Å². The predicted octanol–water partition coefficient (Wildman–Crippen LogP) is 10.1. The first-order valence-corrected chi connectivity index (χ1v) is 14.4. The van der Waals surface area contributed by atoms with E-state index < -0.39 is 0 Å². The summed E-state index contributed by atoms with van der Waals surface area (Å²) in [5.74, 6) is 0.914. The van der Waals surface area contributed by atoms with Crippen LogP contribution in [0.3, 0.4) is 0 Å². The Kier molecular flexibility index (Phi) is 5.58. The first-order chi connectivity index (χ1) is 20.7. The van der Waals surface area contributed by atoms with Crippen LogP contribution in [0.5, 0.6) is 0 Å². The van der Waals surface area contributed by atoms with Crippen molar-refractivity contribution in [2.24, 2.45) is 0 Å². The molecule has 200 valence electrons. The number of aryl methyl sites for hydroxylation is 1. The van der Waals surface area contributed by atoms with Gasteiger partial charge >= 0.3 is 0 Å². The Balaban J connectivity index is 1.46. The van der Waals surface area contributed by atoms with E-state index >= 15 is 0 Å². The van der Waals surface area contributed by atoms with Gasteiger partial charge in [0.1, 0.15) is 5.82 Å². The van der Waals surface area contributed by atoms with E-state index in [4.69, 9.17) is 4.98 Å². The Hall–Kier alpha value is -5.41. The normalized spacial score (nSPS) is 11.6. The molecular weight excluding hydrogens is 510 g/mol. The average molecular weight is 540 g/mol. The van der Waals surface area contributed by atoms with Crippen molar-refractivity contribution in [3.05, 3.63) is 151 Å². The smallest absolute Gasteiger partial charge is 0.138 e. The SMILES string of the molecule is Cc1c(C)n(-c2ccccc2)c2cc3c4ccccc4n(-c4cc(-c5ccccc5)cc(-c5ccccc5)n4)c3cc12. The molecule has 0 spiro atoms. The summed E-state index contributed by atoms with van der Waals surface area (Å²) in [5.41, 5.74) is 11.7. The first-order valence-electron chi connectivity index (χ1n) is 14.4. The molecule has 0 N–H and O–H groups in total.